The number of rotatable bonds is 6. The van der Waals surface area contributed by atoms with Gasteiger partial charge in [-0.2, -0.15) is 13.2 Å². The minimum Gasteiger partial charge on any atom is -0.368 e. The highest BCUT2D eigenvalue weighted by Gasteiger charge is 2.27. The monoisotopic (exact) mass is 231 g/mol. The molecule has 1 amide bonds. The summed E-state index contributed by atoms with van der Waals surface area (Å²) in [4.78, 5) is 10.4. The molecule has 0 aromatic heterocycles. The second-order valence-corrected chi connectivity index (χ2v) is 3.67. The van der Waals surface area contributed by atoms with Gasteiger partial charge in [0.25, 0.3) is 0 Å². The molecule has 14 heavy (non-hydrogen) atoms. The second kappa shape index (κ2) is 6.10. The van der Waals surface area contributed by atoms with Crippen LogP contribution in [0.3, 0.4) is 0 Å². The predicted molar refractivity (Wildman–Crippen MR) is 48.6 cm³/mol. The molecule has 1 atom stereocenters. The Hall–Kier alpha value is -0.470. The molecule has 0 aromatic rings. The zero-order valence-electron chi connectivity index (χ0n) is 7.30. The number of carbonyl (C=O) groups is 1. The summed E-state index contributed by atoms with van der Waals surface area (Å²) in [6.45, 7) is 0.221. The molecule has 0 aliphatic carbocycles. The van der Waals surface area contributed by atoms with Crippen molar-refractivity contribution in [3.63, 3.8) is 0 Å². The van der Waals surface area contributed by atoms with Crippen LogP contribution in [0.25, 0.3) is 0 Å². The number of carbonyl (C=O) groups excluding carboxylic acids is 1. The Morgan fingerprint density at radius 3 is 2.50 bits per heavy atom. The third-order valence-corrected chi connectivity index (χ3v) is 2.01. The number of nitrogens with one attached hydrogen (secondary N) is 1. The average Bonchev–Trinajstić information content (AvgIpc) is 2.01. The largest absolute Gasteiger partial charge is 0.441 e. The molecule has 0 heterocycles. The molecule has 0 saturated carbocycles. The van der Waals surface area contributed by atoms with E-state index in [0.29, 0.717) is 0 Å². The molecule has 84 valence electrons. The summed E-state index contributed by atoms with van der Waals surface area (Å²) in [6.07, 6.45) is 0. The Balaban J connectivity index is 3.35. The van der Waals surface area contributed by atoms with E-state index in [2.05, 4.69) is 5.32 Å². The van der Waals surface area contributed by atoms with Gasteiger partial charge in [-0.1, -0.05) is 0 Å². The van der Waals surface area contributed by atoms with Gasteiger partial charge in [-0.25, -0.2) is 0 Å². The SMILES string of the molecule is NC(=O)C(N)CNCCSC(F)(F)F. The quantitative estimate of drug-likeness (QED) is 0.545. The third kappa shape index (κ3) is 8.14. The summed E-state index contributed by atoms with van der Waals surface area (Å²) >= 11 is -0.126. The van der Waals surface area contributed by atoms with E-state index in [9.17, 15) is 18.0 Å². The minimum absolute atomic E-state index is 0.0910. The topological polar surface area (TPSA) is 81.1 Å². The Morgan fingerprint density at radius 1 is 1.50 bits per heavy atom. The van der Waals surface area contributed by atoms with Crippen LogP contribution in [0.4, 0.5) is 13.2 Å². The molecule has 0 aromatic carbocycles. The van der Waals surface area contributed by atoms with Gasteiger partial charge in [0.15, 0.2) is 0 Å². The molecule has 8 heteroatoms. The first-order valence-corrected chi connectivity index (χ1v) is 4.78. The fourth-order valence-electron chi connectivity index (χ4n) is 0.597. The summed E-state index contributed by atoms with van der Waals surface area (Å²) in [6, 6.07) is -0.856. The highest BCUT2D eigenvalue weighted by atomic mass is 32.2. The molecule has 0 spiro atoms. The molecule has 0 aliphatic rings. The van der Waals surface area contributed by atoms with Gasteiger partial charge in [0.1, 0.15) is 0 Å². The van der Waals surface area contributed by atoms with E-state index in [4.69, 9.17) is 11.5 Å². The Morgan fingerprint density at radius 2 is 2.07 bits per heavy atom. The molecule has 0 bridgehead atoms. The molecule has 1 unspecified atom stereocenters. The van der Waals surface area contributed by atoms with Crippen molar-refractivity contribution in [3.8, 4) is 0 Å². The van der Waals surface area contributed by atoms with Crippen molar-refractivity contribution in [2.24, 2.45) is 11.5 Å². The summed E-state index contributed by atoms with van der Waals surface area (Å²) in [7, 11) is 0. The lowest BCUT2D eigenvalue weighted by Crippen LogP contribution is -2.44. The highest BCUT2D eigenvalue weighted by molar-refractivity contribution is 8.00. The summed E-state index contributed by atoms with van der Waals surface area (Å²) in [5.74, 6) is -0.796. The van der Waals surface area contributed by atoms with Crippen LogP contribution in [0.5, 0.6) is 0 Å². The lowest BCUT2D eigenvalue weighted by atomic mass is 10.3. The Bertz CT molecular complexity index is 188. The summed E-state index contributed by atoms with van der Waals surface area (Å²) in [5.41, 5.74) is 5.83. The zero-order chi connectivity index (χ0) is 11.2. The van der Waals surface area contributed by atoms with E-state index in [1.807, 2.05) is 0 Å². The molecule has 0 saturated heterocycles. The van der Waals surface area contributed by atoms with Crippen LogP contribution in [-0.2, 0) is 4.79 Å². The van der Waals surface area contributed by atoms with Crippen molar-refractivity contribution < 1.29 is 18.0 Å². The van der Waals surface area contributed by atoms with Crippen LogP contribution in [0, 0.1) is 0 Å². The molecular weight excluding hydrogens is 219 g/mol. The van der Waals surface area contributed by atoms with Crippen molar-refractivity contribution in [1.29, 1.82) is 0 Å². The van der Waals surface area contributed by atoms with E-state index < -0.39 is 17.5 Å². The zero-order valence-corrected chi connectivity index (χ0v) is 8.12. The smallest absolute Gasteiger partial charge is 0.368 e. The lowest BCUT2D eigenvalue weighted by molar-refractivity contribution is -0.119. The molecule has 0 radical (unpaired) electrons. The highest BCUT2D eigenvalue weighted by Crippen LogP contribution is 2.29. The van der Waals surface area contributed by atoms with Crippen LogP contribution in [0.15, 0.2) is 0 Å². The number of thioether (sulfide) groups is 1. The molecule has 4 nitrogen and oxygen atoms in total. The fraction of sp³-hybridized carbons (Fsp3) is 0.833. The van der Waals surface area contributed by atoms with Crippen LogP contribution in [-0.4, -0.2) is 36.3 Å². The third-order valence-electron chi connectivity index (χ3n) is 1.27. The van der Waals surface area contributed by atoms with Gasteiger partial charge in [0, 0.05) is 18.8 Å². The number of amides is 1. The molecule has 0 rings (SSSR count). The van der Waals surface area contributed by atoms with E-state index in [1.165, 1.54) is 0 Å². The standard InChI is InChI=1S/C6H12F3N3OS/c7-6(8,9)14-2-1-12-3-4(10)5(11)13/h4,12H,1-3,10H2,(H2,11,13). The summed E-state index contributed by atoms with van der Waals surface area (Å²) < 4.78 is 34.8. The first kappa shape index (κ1) is 13.5. The maximum atomic E-state index is 11.6. The molecular formula is C6H12F3N3OS. The van der Waals surface area contributed by atoms with Gasteiger partial charge >= 0.3 is 5.51 Å². The van der Waals surface area contributed by atoms with Gasteiger partial charge in [-0.05, 0) is 11.8 Å². The van der Waals surface area contributed by atoms with E-state index in [1.54, 1.807) is 0 Å². The van der Waals surface area contributed by atoms with Gasteiger partial charge in [0.05, 0.1) is 6.04 Å². The Labute approximate surface area is 83.6 Å². The van der Waals surface area contributed by atoms with E-state index in [0.717, 1.165) is 0 Å². The van der Waals surface area contributed by atoms with Crippen molar-refractivity contribution in [3.05, 3.63) is 0 Å². The van der Waals surface area contributed by atoms with Gasteiger partial charge in [-0.15, -0.1) is 0 Å². The number of hydrogen-bond donors (Lipinski definition) is 3. The maximum Gasteiger partial charge on any atom is 0.441 e. The van der Waals surface area contributed by atoms with Crippen LogP contribution >= 0.6 is 11.8 Å². The van der Waals surface area contributed by atoms with Gasteiger partial charge in [0.2, 0.25) is 5.91 Å². The first-order chi connectivity index (χ1) is 6.33. The lowest BCUT2D eigenvalue weighted by Gasteiger charge is -2.09. The second-order valence-electron chi connectivity index (χ2n) is 2.51. The number of primary amides is 1. The first-order valence-electron chi connectivity index (χ1n) is 3.79. The maximum absolute atomic E-state index is 11.6. The van der Waals surface area contributed by atoms with Crippen molar-refractivity contribution in [2.75, 3.05) is 18.8 Å². The summed E-state index contributed by atoms with van der Waals surface area (Å²) in [5, 5.41) is 2.59. The van der Waals surface area contributed by atoms with Crippen LogP contribution in [0.1, 0.15) is 0 Å². The molecule has 5 N–H and O–H groups in total. The van der Waals surface area contributed by atoms with Crippen LogP contribution in [0.2, 0.25) is 0 Å². The van der Waals surface area contributed by atoms with Crippen LogP contribution < -0.4 is 16.8 Å². The van der Waals surface area contributed by atoms with Crippen molar-refractivity contribution in [1.82, 2.24) is 5.32 Å². The van der Waals surface area contributed by atoms with Gasteiger partial charge in [-0.3, -0.25) is 4.79 Å². The van der Waals surface area contributed by atoms with Crippen molar-refractivity contribution in [2.45, 2.75) is 11.6 Å². The number of nitrogens with two attached hydrogens (primary N) is 2. The predicted octanol–water partition coefficient (Wildman–Crippen LogP) is -0.358. The minimum atomic E-state index is -4.21. The van der Waals surface area contributed by atoms with E-state index >= 15 is 0 Å². The number of halogens is 3. The molecule has 0 fully saturated rings. The number of hydrogen-bond acceptors (Lipinski definition) is 4. The fourth-order valence-corrected chi connectivity index (χ4v) is 1.07. The van der Waals surface area contributed by atoms with Crippen molar-refractivity contribution >= 4 is 17.7 Å². The normalized spacial score (nSPS) is 14.0. The number of alkyl halides is 3. The van der Waals surface area contributed by atoms with Gasteiger partial charge < -0.3 is 16.8 Å². The Kier molecular flexibility index (Phi) is 5.89. The average molecular weight is 231 g/mol. The molecule has 0 aliphatic heterocycles. The van der Waals surface area contributed by atoms with E-state index in [-0.39, 0.29) is 30.6 Å².